The summed E-state index contributed by atoms with van der Waals surface area (Å²) in [5, 5.41) is 3.48. The van der Waals surface area contributed by atoms with E-state index in [0.29, 0.717) is 6.61 Å². The molecule has 0 spiro atoms. The van der Waals surface area contributed by atoms with Crippen LogP contribution in [0.5, 0.6) is 11.5 Å². The van der Waals surface area contributed by atoms with Crippen molar-refractivity contribution in [3.05, 3.63) is 39.0 Å². The normalized spacial score (nSPS) is 12.0. The van der Waals surface area contributed by atoms with E-state index in [2.05, 4.69) is 40.3 Å². The number of benzene rings is 1. The van der Waals surface area contributed by atoms with Crippen LogP contribution >= 0.6 is 27.3 Å². The molecule has 0 saturated carbocycles. The number of methoxy groups -OCH3 is 1. The lowest BCUT2D eigenvalue weighted by molar-refractivity contribution is 0.311. The number of hydrogen-bond acceptors (Lipinski definition) is 4. The van der Waals surface area contributed by atoms with E-state index in [1.807, 2.05) is 25.1 Å². The summed E-state index contributed by atoms with van der Waals surface area (Å²) in [6, 6.07) is 10.3. The molecule has 0 fully saturated rings. The minimum absolute atomic E-state index is 0.245. The van der Waals surface area contributed by atoms with Crippen molar-refractivity contribution in [3.63, 3.8) is 0 Å². The number of ether oxygens (including phenoxy) is 2. The van der Waals surface area contributed by atoms with Gasteiger partial charge in [-0.25, -0.2) is 0 Å². The molecule has 1 N–H and O–H groups in total. The number of anilines is 1. The molecule has 0 radical (unpaired) electrons. The highest BCUT2D eigenvalue weighted by Gasteiger charge is 2.10. The van der Waals surface area contributed by atoms with E-state index in [1.165, 1.54) is 4.88 Å². The molecule has 1 unspecified atom stereocenters. The highest BCUT2D eigenvalue weighted by molar-refractivity contribution is 9.11. The van der Waals surface area contributed by atoms with Gasteiger partial charge in [-0.3, -0.25) is 0 Å². The Labute approximate surface area is 132 Å². The Balaban J connectivity index is 2.14. The fourth-order valence-electron chi connectivity index (χ4n) is 1.92. The molecular formula is C15H18BrNO2S. The van der Waals surface area contributed by atoms with Crippen LogP contribution in [0.15, 0.2) is 34.1 Å². The smallest absolute Gasteiger partial charge is 0.163 e. The molecule has 2 aromatic rings. The van der Waals surface area contributed by atoms with Gasteiger partial charge in [-0.1, -0.05) is 0 Å². The Morgan fingerprint density at radius 1 is 1.25 bits per heavy atom. The van der Waals surface area contributed by atoms with Crippen molar-refractivity contribution in [3.8, 4) is 11.5 Å². The molecule has 0 saturated heterocycles. The van der Waals surface area contributed by atoms with Gasteiger partial charge in [-0.15, -0.1) is 11.3 Å². The van der Waals surface area contributed by atoms with E-state index in [4.69, 9.17) is 9.47 Å². The lowest BCUT2D eigenvalue weighted by Gasteiger charge is -2.16. The number of thiophene rings is 1. The van der Waals surface area contributed by atoms with Gasteiger partial charge in [-0.05, 0) is 54.0 Å². The molecule has 20 heavy (non-hydrogen) atoms. The molecule has 0 aliphatic carbocycles. The molecule has 3 nitrogen and oxygen atoms in total. The molecule has 5 heteroatoms. The fraction of sp³-hybridized carbons (Fsp3) is 0.333. The summed E-state index contributed by atoms with van der Waals surface area (Å²) < 4.78 is 12.0. The number of hydrogen-bond donors (Lipinski definition) is 1. The van der Waals surface area contributed by atoms with Gasteiger partial charge in [-0.2, -0.15) is 0 Å². The summed E-state index contributed by atoms with van der Waals surface area (Å²) in [6.07, 6.45) is 0. The lowest BCUT2D eigenvalue weighted by atomic mass is 10.2. The average Bonchev–Trinajstić information content (AvgIpc) is 2.86. The van der Waals surface area contributed by atoms with Crippen molar-refractivity contribution in [2.75, 3.05) is 19.0 Å². The van der Waals surface area contributed by atoms with E-state index < -0.39 is 0 Å². The largest absolute Gasteiger partial charge is 0.493 e. The Morgan fingerprint density at radius 3 is 2.65 bits per heavy atom. The zero-order valence-corrected chi connectivity index (χ0v) is 14.2. The molecule has 0 aliphatic rings. The van der Waals surface area contributed by atoms with E-state index in [1.54, 1.807) is 18.4 Å². The summed E-state index contributed by atoms with van der Waals surface area (Å²) in [6.45, 7) is 4.72. The third-order valence-corrected chi connectivity index (χ3v) is 4.67. The molecule has 1 atom stereocenters. The van der Waals surface area contributed by atoms with Crippen molar-refractivity contribution in [1.82, 2.24) is 0 Å². The third-order valence-electron chi connectivity index (χ3n) is 2.87. The van der Waals surface area contributed by atoms with Crippen LogP contribution in [0.4, 0.5) is 5.69 Å². The standard InChI is InChI=1S/C15H18BrNO2S/c1-4-19-13-9-11(5-6-12(13)18-3)17-10(2)14-7-8-15(16)20-14/h5-10,17H,4H2,1-3H3. The number of nitrogens with one attached hydrogen (secondary N) is 1. The molecular weight excluding hydrogens is 338 g/mol. The SMILES string of the molecule is CCOc1cc(NC(C)c2ccc(Br)s2)ccc1OC. The quantitative estimate of drug-likeness (QED) is 0.782. The fourth-order valence-corrected chi connectivity index (χ4v) is 3.34. The second kappa shape index (κ2) is 6.99. The van der Waals surface area contributed by atoms with Gasteiger partial charge in [0.15, 0.2) is 11.5 Å². The summed E-state index contributed by atoms with van der Waals surface area (Å²) in [5.74, 6) is 1.52. The Kier molecular flexibility index (Phi) is 5.31. The van der Waals surface area contributed by atoms with Gasteiger partial charge in [0.25, 0.3) is 0 Å². The zero-order chi connectivity index (χ0) is 14.5. The van der Waals surface area contributed by atoms with Crippen LogP contribution in [-0.4, -0.2) is 13.7 Å². The van der Waals surface area contributed by atoms with Gasteiger partial charge < -0.3 is 14.8 Å². The first-order chi connectivity index (χ1) is 9.63. The zero-order valence-electron chi connectivity index (χ0n) is 11.8. The first-order valence-electron chi connectivity index (χ1n) is 6.46. The summed E-state index contributed by atoms with van der Waals surface area (Å²) in [5.41, 5.74) is 1.02. The Bertz CT molecular complexity index is 571. The van der Waals surface area contributed by atoms with Crippen LogP contribution in [0.2, 0.25) is 0 Å². The number of rotatable bonds is 6. The number of halogens is 1. The predicted octanol–water partition coefficient (Wildman–Crippen LogP) is 5.09. The maximum atomic E-state index is 5.59. The van der Waals surface area contributed by atoms with E-state index >= 15 is 0 Å². The summed E-state index contributed by atoms with van der Waals surface area (Å²) >= 11 is 5.23. The highest BCUT2D eigenvalue weighted by Crippen LogP contribution is 2.33. The molecule has 1 aromatic heterocycles. The van der Waals surface area contributed by atoms with Gasteiger partial charge in [0.2, 0.25) is 0 Å². The summed E-state index contributed by atoms with van der Waals surface area (Å²) in [7, 11) is 1.65. The minimum atomic E-state index is 0.245. The van der Waals surface area contributed by atoms with E-state index in [9.17, 15) is 0 Å². The maximum Gasteiger partial charge on any atom is 0.163 e. The average molecular weight is 356 g/mol. The first kappa shape index (κ1) is 15.2. The molecule has 0 aliphatic heterocycles. The van der Waals surface area contributed by atoms with Crippen molar-refractivity contribution >= 4 is 33.0 Å². The molecule has 108 valence electrons. The second-order valence-electron chi connectivity index (χ2n) is 4.31. The van der Waals surface area contributed by atoms with Crippen LogP contribution in [0, 0.1) is 0 Å². The molecule has 1 aromatic carbocycles. The predicted molar refractivity (Wildman–Crippen MR) is 88.2 cm³/mol. The van der Waals surface area contributed by atoms with Crippen molar-refractivity contribution in [2.24, 2.45) is 0 Å². The van der Waals surface area contributed by atoms with Crippen LogP contribution < -0.4 is 14.8 Å². The van der Waals surface area contributed by atoms with Crippen LogP contribution in [0.1, 0.15) is 24.8 Å². The van der Waals surface area contributed by atoms with E-state index in [-0.39, 0.29) is 6.04 Å². The molecule has 1 heterocycles. The molecule has 0 bridgehead atoms. The van der Waals surface area contributed by atoms with Gasteiger partial charge in [0, 0.05) is 16.6 Å². The summed E-state index contributed by atoms with van der Waals surface area (Å²) in [4.78, 5) is 1.28. The van der Waals surface area contributed by atoms with Crippen molar-refractivity contribution < 1.29 is 9.47 Å². The van der Waals surface area contributed by atoms with Gasteiger partial charge in [0.05, 0.1) is 23.5 Å². The third kappa shape index (κ3) is 3.67. The molecule has 0 amide bonds. The van der Waals surface area contributed by atoms with Crippen molar-refractivity contribution in [2.45, 2.75) is 19.9 Å². The molecule has 2 rings (SSSR count). The monoisotopic (exact) mass is 355 g/mol. The van der Waals surface area contributed by atoms with Crippen molar-refractivity contribution in [1.29, 1.82) is 0 Å². The van der Waals surface area contributed by atoms with E-state index in [0.717, 1.165) is 21.0 Å². The topological polar surface area (TPSA) is 30.5 Å². The Hall–Kier alpha value is -1.20. The van der Waals surface area contributed by atoms with Crippen LogP contribution in [0.3, 0.4) is 0 Å². The maximum absolute atomic E-state index is 5.59. The lowest BCUT2D eigenvalue weighted by Crippen LogP contribution is -2.05. The Morgan fingerprint density at radius 2 is 2.05 bits per heavy atom. The first-order valence-corrected chi connectivity index (χ1v) is 8.07. The van der Waals surface area contributed by atoms with Crippen LogP contribution in [0.25, 0.3) is 0 Å². The highest BCUT2D eigenvalue weighted by atomic mass is 79.9. The minimum Gasteiger partial charge on any atom is -0.493 e. The van der Waals surface area contributed by atoms with Gasteiger partial charge >= 0.3 is 0 Å². The van der Waals surface area contributed by atoms with Crippen LogP contribution in [-0.2, 0) is 0 Å². The van der Waals surface area contributed by atoms with Gasteiger partial charge in [0.1, 0.15) is 0 Å². The second-order valence-corrected chi connectivity index (χ2v) is 6.80.